The first-order valence-corrected chi connectivity index (χ1v) is 11.5. The number of halogens is 1. The summed E-state index contributed by atoms with van der Waals surface area (Å²) in [5.74, 6) is 5.76. The summed E-state index contributed by atoms with van der Waals surface area (Å²) in [5.41, 5.74) is 1.97. The van der Waals surface area contributed by atoms with Gasteiger partial charge in [-0.05, 0) is 67.1 Å². The van der Waals surface area contributed by atoms with Crippen LogP contribution in [0.2, 0.25) is 0 Å². The third-order valence-corrected chi connectivity index (χ3v) is 5.13. The van der Waals surface area contributed by atoms with E-state index in [4.69, 9.17) is 9.47 Å². The number of rotatable bonds is 10. The molecule has 3 nitrogen and oxygen atoms in total. The van der Waals surface area contributed by atoms with Crippen molar-refractivity contribution in [3.05, 3.63) is 95.3 Å². The van der Waals surface area contributed by atoms with Crippen LogP contribution in [0, 0.1) is 17.7 Å². The predicted octanol–water partition coefficient (Wildman–Crippen LogP) is 7.18. The Labute approximate surface area is 195 Å². The molecule has 0 saturated heterocycles. The van der Waals surface area contributed by atoms with E-state index in [9.17, 15) is 9.18 Å². The third kappa shape index (κ3) is 8.12. The average molecular weight is 445 g/mol. The minimum absolute atomic E-state index is 0.0919. The molecule has 0 aliphatic heterocycles. The fourth-order valence-corrected chi connectivity index (χ4v) is 3.23. The van der Waals surface area contributed by atoms with Gasteiger partial charge in [0, 0.05) is 11.1 Å². The summed E-state index contributed by atoms with van der Waals surface area (Å²) in [7, 11) is 0. The molecule has 33 heavy (non-hydrogen) atoms. The minimum atomic E-state index is -0.615. The number of carbonyl (C=O) groups is 1. The molecular weight excluding hydrogens is 415 g/mol. The van der Waals surface area contributed by atoms with E-state index < -0.39 is 11.8 Å². The predicted molar refractivity (Wildman–Crippen MR) is 129 cm³/mol. The van der Waals surface area contributed by atoms with Gasteiger partial charge in [0.2, 0.25) is 0 Å². The maximum absolute atomic E-state index is 13.6. The van der Waals surface area contributed by atoms with Crippen LogP contribution in [0.15, 0.2) is 72.8 Å². The standard InChI is InChI=1S/C29H29FO3/c1-2-3-4-5-6-9-22-32-26-20-16-24(17-21-26)13-12-23-14-18-25(19-15-23)29(31)33-28-11-8-7-10-27(28)30/h7-8,10-11,14-21H,2-6,9,22H2,1H3. The molecule has 0 bridgehead atoms. The van der Waals surface area contributed by atoms with Crippen LogP contribution in [0.4, 0.5) is 4.39 Å². The summed E-state index contributed by atoms with van der Waals surface area (Å²) in [6, 6.07) is 20.3. The Kier molecular flexibility index (Phi) is 9.54. The molecule has 0 unspecified atom stereocenters. The van der Waals surface area contributed by atoms with Crippen molar-refractivity contribution < 1.29 is 18.7 Å². The number of para-hydroxylation sites is 1. The molecule has 0 fully saturated rings. The van der Waals surface area contributed by atoms with Crippen LogP contribution in [-0.4, -0.2) is 12.6 Å². The van der Waals surface area contributed by atoms with Crippen molar-refractivity contribution >= 4 is 5.97 Å². The molecule has 170 valence electrons. The van der Waals surface area contributed by atoms with E-state index >= 15 is 0 Å². The lowest BCUT2D eigenvalue weighted by Gasteiger charge is -2.06. The lowest BCUT2D eigenvalue weighted by atomic mass is 10.1. The molecule has 4 heteroatoms. The van der Waals surface area contributed by atoms with Gasteiger partial charge in [-0.25, -0.2) is 9.18 Å². The van der Waals surface area contributed by atoms with E-state index in [2.05, 4.69) is 18.8 Å². The minimum Gasteiger partial charge on any atom is -0.494 e. The Morgan fingerprint density at radius 1 is 0.788 bits per heavy atom. The smallest absolute Gasteiger partial charge is 0.343 e. The van der Waals surface area contributed by atoms with E-state index in [0.29, 0.717) is 5.56 Å². The van der Waals surface area contributed by atoms with Gasteiger partial charge >= 0.3 is 5.97 Å². The highest BCUT2D eigenvalue weighted by Gasteiger charge is 2.11. The monoisotopic (exact) mass is 444 g/mol. The second-order valence-electron chi connectivity index (χ2n) is 7.79. The van der Waals surface area contributed by atoms with E-state index in [0.717, 1.165) is 29.9 Å². The lowest BCUT2D eigenvalue weighted by Crippen LogP contribution is -2.09. The Balaban J connectivity index is 1.47. The maximum Gasteiger partial charge on any atom is 0.343 e. The van der Waals surface area contributed by atoms with Gasteiger partial charge in [0.05, 0.1) is 12.2 Å². The van der Waals surface area contributed by atoms with Crippen LogP contribution in [-0.2, 0) is 0 Å². The maximum atomic E-state index is 13.6. The van der Waals surface area contributed by atoms with E-state index in [-0.39, 0.29) is 5.75 Å². The zero-order valence-electron chi connectivity index (χ0n) is 19.0. The van der Waals surface area contributed by atoms with Crippen molar-refractivity contribution in [1.29, 1.82) is 0 Å². The van der Waals surface area contributed by atoms with Crippen molar-refractivity contribution in [2.45, 2.75) is 45.4 Å². The van der Waals surface area contributed by atoms with E-state index in [1.54, 1.807) is 30.3 Å². The molecule has 0 amide bonds. The van der Waals surface area contributed by atoms with Gasteiger partial charge in [-0.2, -0.15) is 0 Å². The quantitative estimate of drug-likeness (QED) is 0.144. The van der Waals surface area contributed by atoms with Crippen molar-refractivity contribution in [3.63, 3.8) is 0 Å². The van der Waals surface area contributed by atoms with Gasteiger partial charge in [0.25, 0.3) is 0 Å². The number of benzene rings is 3. The number of hydrogen-bond acceptors (Lipinski definition) is 3. The zero-order valence-corrected chi connectivity index (χ0v) is 19.0. The first-order chi connectivity index (χ1) is 16.2. The van der Waals surface area contributed by atoms with E-state index in [1.807, 2.05) is 24.3 Å². The van der Waals surface area contributed by atoms with Crippen LogP contribution in [0.5, 0.6) is 11.5 Å². The number of ether oxygens (including phenoxy) is 2. The molecule has 0 heterocycles. The van der Waals surface area contributed by atoms with Gasteiger partial charge in [0.15, 0.2) is 11.6 Å². The lowest BCUT2D eigenvalue weighted by molar-refractivity contribution is 0.0728. The Morgan fingerprint density at radius 3 is 2.06 bits per heavy atom. The molecule has 0 atom stereocenters. The number of esters is 1. The van der Waals surface area contributed by atoms with Crippen molar-refractivity contribution in [2.75, 3.05) is 6.61 Å². The second-order valence-corrected chi connectivity index (χ2v) is 7.79. The average Bonchev–Trinajstić information content (AvgIpc) is 2.84. The van der Waals surface area contributed by atoms with Gasteiger partial charge < -0.3 is 9.47 Å². The van der Waals surface area contributed by atoms with Crippen molar-refractivity contribution in [1.82, 2.24) is 0 Å². The van der Waals surface area contributed by atoms with Gasteiger partial charge in [-0.3, -0.25) is 0 Å². The first-order valence-electron chi connectivity index (χ1n) is 11.5. The summed E-state index contributed by atoms with van der Waals surface area (Å²) < 4.78 is 24.5. The number of unbranched alkanes of at least 4 members (excludes halogenated alkanes) is 5. The number of hydrogen-bond donors (Lipinski definition) is 0. The SMILES string of the molecule is CCCCCCCCOc1ccc(C#Cc2ccc(C(=O)Oc3ccccc3F)cc2)cc1. The van der Waals surface area contributed by atoms with Crippen molar-refractivity contribution in [3.8, 4) is 23.3 Å². The molecule has 0 saturated carbocycles. The highest BCUT2D eigenvalue weighted by Crippen LogP contribution is 2.18. The summed E-state index contributed by atoms with van der Waals surface area (Å²) in [4.78, 5) is 12.2. The molecule has 0 N–H and O–H groups in total. The normalized spacial score (nSPS) is 10.2. The first kappa shape index (κ1) is 24.1. The summed E-state index contributed by atoms with van der Waals surface area (Å²) in [6.07, 6.45) is 7.46. The number of carbonyl (C=O) groups excluding carboxylic acids is 1. The second kappa shape index (κ2) is 13.1. The molecule has 0 aliphatic rings. The van der Waals surface area contributed by atoms with Gasteiger partial charge in [-0.1, -0.05) is 63.0 Å². The van der Waals surface area contributed by atoms with Gasteiger partial charge in [0.1, 0.15) is 5.75 Å². The van der Waals surface area contributed by atoms with Crippen LogP contribution < -0.4 is 9.47 Å². The molecule has 3 aromatic carbocycles. The molecule has 3 rings (SSSR count). The summed E-state index contributed by atoms with van der Waals surface area (Å²) >= 11 is 0. The fourth-order valence-electron chi connectivity index (χ4n) is 3.23. The Morgan fingerprint density at radius 2 is 1.39 bits per heavy atom. The Bertz CT molecular complexity index is 1080. The largest absolute Gasteiger partial charge is 0.494 e. The van der Waals surface area contributed by atoms with Crippen LogP contribution in [0.3, 0.4) is 0 Å². The van der Waals surface area contributed by atoms with Crippen molar-refractivity contribution in [2.24, 2.45) is 0 Å². The van der Waals surface area contributed by atoms with E-state index in [1.165, 1.54) is 50.3 Å². The summed E-state index contributed by atoms with van der Waals surface area (Å²) in [5, 5.41) is 0. The Hall–Kier alpha value is -3.58. The topological polar surface area (TPSA) is 35.5 Å². The molecule has 3 aromatic rings. The zero-order chi connectivity index (χ0) is 23.3. The third-order valence-electron chi connectivity index (χ3n) is 5.13. The fraction of sp³-hybridized carbons (Fsp3) is 0.276. The molecule has 0 aliphatic carbocycles. The molecular formula is C29H29FO3. The molecule has 0 aromatic heterocycles. The van der Waals surface area contributed by atoms with Crippen LogP contribution in [0.25, 0.3) is 0 Å². The summed E-state index contributed by atoms with van der Waals surface area (Å²) in [6.45, 7) is 2.96. The molecule has 0 radical (unpaired) electrons. The highest BCUT2D eigenvalue weighted by atomic mass is 19.1. The van der Waals surface area contributed by atoms with Crippen LogP contribution in [0.1, 0.15) is 66.9 Å². The van der Waals surface area contributed by atoms with Crippen LogP contribution >= 0.6 is 0 Å². The highest BCUT2D eigenvalue weighted by molar-refractivity contribution is 5.91. The molecule has 0 spiro atoms. The van der Waals surface area contributed by atoms with Gasteiger partial charge in [-0.15, -0.1) is 0 Å².